The third-order valence-corrected chi connectivity index (χ3v) is 6.47. The van der Waals surface area contributed by atoms with E-state index in [0.29, 0.717) is 17.1 Å². The molecule has 3 heterocycles. The van der Waals surface area contributed by atoms with Gasteiger partial charge in [-0.2, -0.15) is 5.21 Å². The van der Waals surface area contributed by atoms with Gasteiger partial charge < -0.3 is 21.7 Å². The Bertz CT molecular complexity index is 886. The zero-order valence-electron chi connectivity index (χ0n) is 14.8. The van der Waals surface area contributed by atoms with Gasteiger partial charge in [-0.05, 0) is 31.5 Å². The number of aromatic amines is 1. The second-order valence-corrected chi connectivity index (χ2v) is 8.93. The first-order valence-corrected chi connectivity index (χ1v) is 9.32. The topological polar surface area (TPSA) is 156 Å². The molecule has 6 N–H and O–H groups in total. The number of carbonyl (C=O) groups is 2. The van der Waals surface area contributed by atoms with Gasteiger partial charge in [0.1, 0.15) is 23.5 Å². The highest BCUT2D eigenvalue weighted by Crippen LogP contribution is 2.56. The van der Waals surface area contributed by atoms with E-state index in [9.17, 15) is 9.59 Å². The number of carbonyl (C=O) groups excluding carboxylic acids is 2. The summed E-state index contributed by atoms with van der Waals surface area (Å²) < 4.78 is -0.320. The molecular weight excluding hydrogens is 368 g/mol. The maximum atomic E-state index is 12.7. The van der Waals surface area contributed by atoms with Crippen molar-refractivity contribution in [2.24, 2.45) is 5.73 Å². The number of β-lactam (4-membered cyclic amide) rings is 1. The van der Waals surface area contributed by atoms with Crippen molar-refractivity contribution in [3.8, 4) is 0 Å². The quantitative estimate of drug-likeness (QED) is 0.411. The molecule has 2 fully saturated rings. The van der Waals surface area contributed by atoms with E-state index in [4.69, 9.17) is 11.5 Å². The molecule has 0 radical (unpaired) electrons. The van der Waals surface area contributed by atoms with Gasteiger partial charge in [0.2, 0.25) is 11.8 Å². The summed E-state index contributed by atoms with van der Waals surface area (Å²) in [6.45, 7) is 4.03. The van der Waals surface area contributed by atoms with Crippen LogP contribution in [0.15, 0.2) is 24.3 Å². The number of fused-ring (bicyclic) bond motifs is 1. The Morgan fingerprint density at radius 1 is 1.44 bits per heavy atom. The summed E-state index contributed by atoms with van der Waals surface area (Å²) in [5.74, 6) is -0.134. The molecular formula is C16H20N8O2S. The fourth-order valence-corrected chi connectivity index (χ4v) is 5.23. The van der Waals surface area contributed by atoms with Crippen LogP contribution in [0.5, 0.6) is 0 Å². The Balaban J connectivity index is 1.49. The number of thioether (sulfide) groups is 1. The number of hydrogen-bond donors (Lipinski definition) is 4. The number of benzene rings is 1. The molecule has 142 valence electrons. The lowest BCUT2D eigenvalue weighted by Gasteiger charge is -2.44. The Kier molecular flexibility index (Phi) is 4.07. The standard InChI is InChI=1S/C16H20N8O2S/c1-16(2)11(12-20-22-23-21-12)24-14(26)10(15(24)27-16)19-13(25)9(18)7-4-3-5-8(17)6-7/h3-6,9-11,15H,17-18H2,1-2H3,(H,19,25)(H,20,21,22,23)/t9?,10?,11?,15-/m1/s1. The molecule has 1 aromatic heterocycles. The van der Waals surface area contributed by atoms with Crippen LogP contribution in [0.3, 0.4) is 0 Å². The molecule has 2 aliphatic rings. The van der Waals surface area contributed by atoms with Crippen LogP contribution in [-0.4, -0.2) is 53.5 Å². The van der Waals surface area contributed by atoms with Gasteiger partial charge in [-0.3, -0.25) is 9.59 Å². The van der Waals surface area contributed by atoms with Crippen molar-refractivity contribution in [1.29, 1.82) is 0 Å². The molecule has 4 atom stereocenters. The summed E-state index contributed by atoms with van der Waals surface area (Å²) >= 11 is 1.60. The van der Waals surface area contributed by atoms with Gasteiger partial charge in [0.25, 0.3) is 0 Å². The summed E-state index contributed by atoms with van der Waals surface area (Å²) in [7, 11) is 0. The first-order valence-electron chi connectivity index (χ1n) is 8.44. The summed E-state index contributed by atoms with van der Waals surface area (Å²) in [5.41, 5.74) is 12.9. The first kappa shape index (κ1) is 17.7. The summed E-state index contributed by atoms with van der Waals surface area (Å²) in [5, 5.41) is 16.7. The minimum Gasteiger partial charge on any atom is -0.399 e. The van der Waals surface area contributed by atoms with Gasteiger partial charge in [-0.1, -0.05) is 17.3 Å². The van der Waals surface area contributed by atoms with Crippen molar-refractivity contribution < 1.29 is 9.59 Å². The van der Waals surface area contributed by atoms with Crippen LogP contribution in [0.25, 0.3) is 0 Å². The van der Waals surface area contributed by atoms with E-state index < -0.39 is 18.0 Å². The average molecular weight is 388 g/mol. The molecule has 2 saturated heterocycles. The molecule has 27 heavy (non-hydrogen) atoms. The van der Waals surface area contributed by atoms with Gasteiger partial charge in [0, 0.05) is 10.4 Å². The van der Waals surface area contributed by atoms with E-state index >= 15 is 0 Å². The lowest BCUT2D eigenvalue weighted by molar-refractivity contribution is -0.152. The Morgan fingerprint density at radius 3 is 2.89 bits per heavy atom. The van der Waals surface area contributed by atoms with E-state index in [1.807, 2.05) is 13.8 Å². The second-order valence-electron chi connectivity index (χ2n) is 7.16. The van der Waals surface area contributed by atoms with Crippen LogP contribution < -0.4 is 16.8 Å². The predicted octanol–water partition coefficient (Wildman–Crippen LogP) is -0.298. The second kappa shape index (κ2) is 6.20. The Labute approximate surface area is 159 Å². The first-order chi connectivity index (χ1) is 12.8. The van der Waals surface area contributed by atoms with Crippen molar-refractivity contribution in [2.75, 3.05) is 5.73 Å². The molecule has 0 saturated carbocycles. The fraction of sp³-hybridized carbons (Fsp3) is 0.438. The van der Waals surface area contributed by atoms with Crippen molar-refractivity contribution in [3.63, 3.8) is 0 Å². The largest absolute Gasteiger partial charge is 0.399 e. The van der Waals surface area contributed by atoms with Crippen LogP contribution in [0, 0.1) is 0 Å². The smallest absolute Gasteiger partial charge is 0.249 e. The number of nitrogens with one attached hydrogen (secondary N) is 2. The summed E-state index contributed by atoms with van der Waals surface area (Å²) in [6, 6.07) is 4.99. The van der Waals surface area contributed by atoms with E-state index in [-0.39, 0.29) is 22.1 Å². The van der Waals surface area contributed by atoms with Crippen molar-refractivity contribution in [1.82, 2.24) is 30.8 Å². The molecule has 2 aromatic rings. The number of nitrogen functional groups attached to an aromatic ring is 1. The molecule has 10 nitrogen and oxygen atoms in total. The Hall–Kier alpha value is -2.66. The Morgan fingerprint density at radius 2 is 2.22 bits per heavy atom. The van der Waals surface area contributed by atoms with Crippen molar-refractivity contribution >= 4 is 29.3 Å². The van der Waals surface area contributed by atoms with Crippen LogP contribution in [0.2, 0.25) is 0 Å². The maximum Gasteiger partial charge on any atom is 0.249 e. The minimum absolute atomic E-state index is 0.180. The zero-order chi connectivity index (χ0) is 19.3. The molecule has 2 amide bonds. The summed E-state index contributed by atoms with van der Waals surface area (Å²) in [6.07, 6.45) is 0. The monoisotopic (exact) mass is 388 g/mol. The van der Waals surface area contributed by atoms with E-state index in [1.54, 1.807) is 40.9 Å². The normalized spacial score (nSPS) is 27.0. The van der Waals surface area contributed by atoms with Gasteiger partial charge in [-0.15, -0.1) is 22.0 Å². The van der Waals surface area contributed by atoms with Gasteiger partial charge in [0.15, 0.2) is 5.82 Å². The number of anilines is 1. The highest BCUT2D eigenvalue weighted by molar-refractivity contribution is 8.01. The molecule has 3 unspecified atom stereocenters. The van der Waals surface area contributed by atoms with Crippen molar-refractivity contribution in [2.45, 2.75) is 42.1 Å². The molecule has 11 heteroatoms. The van der Waals surface area contributed by atoms with Crippen LogP contribution >= 0.6 is 11.8 Å². The minimum atomic E-state index is -0.900. The van der Waals surface area contributed by atoms with Crippen molar-refractivity contribution in [3.05, 3.63) is 35.7 Å². The number of amides is 2. The number of rotatable bonds is 4. The number of aromatic nitrogens is 4. The lowest BCUT2D eigenvalue weighted by atomic mass is 9.95. The van der Waals surface area contributed by atoms with Gasteiger partial charge in [-0.25, -0.2) is 0 Å². The van der Waals surface area contributed by atoms with E-state index in [2.05, 4.69) is 25.9 Å². The number of tetrazole rings is 1. The molecule has 1 aromatic carbocycles. The highest BCUT2D eigenvalue weighted by atomic mass is 32.2. The van der Waals surface area contributed by atoms with Gasteiger partial charge >= 0.3 is 0 Å². The highest BCUT2D eigenvalue weighted by Gasteiger charge is 2.63. The molecule has 2 aliphatic heterocycles. The molecule has 4 rings (SSSR count). The SMILES string of the molecule is CC1(C)S[C@@H]2C(NC(=O)C(N)c3cccc(N)c3)C(=O)N2C1c1nn[nH]n1. The fourth-order valence-electron chi connectivity index (χ4n) is 3.60. The molecule has 0 spiro atoms. The number of H-pyrrole nitrogens is 1. The van der Waals surface area contributed by atoms with E-state index in [1.165, 1.54) is 0 Å². The number of hydrogen-bond acceptors (Lipinski definition) is 8. The third kappa shape index (κ3) is 2.82. The molecule has 0 aliphatic carbocycles. The maximum absolute atomic E-state index is 12.7. The average Bonchev–Trinajstić information content (AvgIpc) is 3.23. The number of nitrogens with zero attached hydrogens (tertiary/aromatic N) is 4. The van der Waals surface area contributed by atoms with Crippen LogP contribution in [0.4, 0.5) is 5.69 Å². The third-order valence-electron chi connectivity index (χ3n) is 4.90. The van der Waals surface area contributed by atoms with Crippen LogP contribution in [-0.2, 0) is 9.59 Å². The summed E-state index contributed by atoms with van der Waals surface area (Å²) in [4.78, 5) is 27.0. The number of nitrogens with two attached hydrogens (primary N) is 2. The van der Waals surface area contributed by atoms with Gasteiger partial charge in [0.05, 0.1) is 0 Å². The lowest BCUT2D eigenvalue weighted by Crippen LogP contribution is -2.68. The predicted molar refractivity (Wildman–Crippen MR) is 98.9 cm³/mol. The molecule has 0 bridgehead atoms. The van der Waals surface area contributed by atoms with E-state index in [0.717, 1.165) is 0 Å². The van der Waals surface area contributed by atoms with Crippen LogP contribution in [0.1, 0.15) is 37.3 Å². The zero-order valence-corrected chi connectivity index (χ0v) is 15.6.